The van der Waals surface area contributed by atoms with Crippen molar-refractivity contribution >= 4 is 22.6 Å². The number of benzene rings is 2. The molecule has 2 atom stereocenters. The van der Waals surface area contributed by atoms with E-state index in [2.05, 4.69) is 27.8 Å². The van der Waals surface area contributed by atoms with E-state index in [4.69, 9.17) is 16.2 Å². The SMILES string of the molecule is COCCCn1c(C2CCCN(C(=O)CC(N)Cc3ccc(-c4ccc(N)nc4)cc3)C2)cc2cccc(F)c21. The Kier molecular flexibility index (Phi) is 8.77. The van der Waals surface area contributed by atoms with Gasteiger partial charge in [0.2, 0.25) is 5.91 Å². The molecule has 4 aromatic rings. The summed E-state index contributed by atoms with van der Waals surface area (Å²) in [5.74, 6) is 0.511. The van der Waals surface area contributed by atoms with E-state index in [1.54, 1.807) is 25.4 Å². The molecule has 2 unspecified atom stereocenters. The fraction of sp³-hybridized carbons (Fsp3) is 0.375. The summed E-state index contributed by atoms with van der Waals surface area (Å²) in [5, 5.41) is 0.900. The van der Waals surface area contributed by atoms with Crippen LogP contribution in [0.25, 0.3) is 22.0 Å². The zero-order valence-electron chi connectivity index (χ0n) is 23.1. The van der Waals surface area contributed by atoms with Crippen molar-refractivity contribution in [2.75, 3.05) is 32.5 Å². The molecule has 0 aliphatic carbocycles. The number of pyridine rings is 1. The molecule has 1 fully saturated rings. The molecule has 4 N–H and O–H groups in total. The molecular formula is C32H38FN5O2. The average molecular weight is 544 g/mol. The van der Waals surface area contributed by atoms with Gasteiger partial charge >= 0.3 is 0 Å². The summed E-state index contributed by atoms with van der Waals surface area (Å²) in [6.45, 7) is 2.64. The van der Waals surface area contributed by atoms with E-state index in [0.29, 0.717) is 43.9 Å². The van der Waals surface area contributed by atoms with E-state index < -0.39 is 0 Å². The highest BCUT2D eigenvalue weighted by atomic mass is 19.1. The van der Waals surface area contributed by atoms with Crippen LogP contribution in [0, 0.1) is 5.82 Å². The Morgan fingerprint density at radius 3 is 2.70 bits per heavy atom. The Hall–Kier alpha value is -3.75. The first-order chi connectivity index (χ1) is 19.4. The number of carbonyl (C=O) groups is 1. The van der Waals surface area contributed by atoms with Crippen molar-refractivity contribution < 1.29 is 13.9 Å². The second-order valence-corrected chi connectivity index (χ2v) is 10.8. The molecule has 0 radical (unpaired) electrons. The number of hydrogen-bond acceptors (Lipinski definition) is 5. The Balaban J connectivity index is 1.22. The fourth-order valence-electron chi connectivity index (χ4n) is 5.83. The summed E-state index contributed by atoms with van der Waals surface area (Å²) in [7, 11) is 1.68. The number of aryl methyl sites for hydroxylation is 1. The minimum absolute atomic E-state index is 0.0787. The van der Waals surface area contributed by atoms with Crippen molar-refractivity contribution in [2.24, 2.45) is 5.73 Å². The van der Waals surface area contributed by atoms with Gasteiger partial charge in [0, 0.05) is 74.6 Å². The molecule has 3 heterocycles. The molecule has 40 heavy (non-hydrogen) atoms. The third-order valence-corrected chi connectivity index (χ3v) is 7.83. The lowest BCUT2D eigenvalue weighted by Crippen LogP contribution is -2.42. The number of likely N-dealkylation sites (tertiary alicyclic amines) is 1. The van der Waals surface area contributed by atoms with Crippen LogP contribution in [0.3, 0.4) is 0 Å². The first-order valence-corrected chi connectivity index (χ1v) is 14.0. The van der Waals surface area contributed by atoms with Gasteiger partial charge in [0.25, 0.3) is 0 Å². The highest BCUT2D eigenvalue weighted by molar-refractivity contribution is 5.82. The molecule has 1 aliphatic heterocycles. The predicted octanol–water partition coefficient (Wildman–Crippen LogP) is 5.13. The zero-order chi connectivity index (χ0) is 28.1. The molecule has 0 saturated carbocycles. The molecule has 0 spiro atoms. The van der Waals surface area contributed by atoms with E-state index in [1.807, 2.05) is 29.2 Å². The van der Waals surface area contributed by atoms with Gasteiger partial charge in [0.15, 0.2) is 0 Å². The van der Waals surface area contributed by atoms with Crippen LogP contribution in [0.4, 0.5) is 10.2 Å². The number of amides is 1. The first kappa shape index (κ1) is 27.8. The number of nitrogens with two attached hydrogens (primary N) is 2. The number of hydrogen-bond donors (Lipinski definition) is 2. The monoisotopic (exact) mass is 543 g/mol. The maximum Gasteiger partial charge on any atom is 0.224 e. The summed E-state index contributed by atoms with van der Waals surface area (Å²) in [4.78, 5) is 19.4. The van der Waals surface area contributed by atoms with Crippen LogP contribution in [0.5, 0.6) is 0 Å². The van der Waals surface area contributed by atoms with Gasteiger partial charge in [-0.3, -0.25) is 4.79 Å². The van der Waals surface area contributed by atoms with Gasteiger partial charge in [-0.2, -0.15) is 0 Å². The number of carbonyl (C=O) groups excluding carboxylic acids is 1. The normalized spacial score (nSPS) is 16.4. The molecule has 2 aromatic carbocycles. The molecule has 8 heteroatoms. The van der Waals surface area contributed by atoms with Gasteiger partial charge in [0.1, 0.15) is 11.6 Å². The molecular weight excluding hydrogens is 505 g/mol. The van der Waals surface area contributed by atoms with Gasteiger partial charge in [-0.15, -0.1) is 0 Å². The number of aromatic nitrogens is 2. The Labute approximate surface area is 234 Å². The van der Waals surface area contributed by atoms with Crippen molar-refractivity contribution in [3.05, 3.63) is 83.9 Å². The quantitative estimate of drug-likeness (QED) is 0.270. The van der Waals surface area contributed by atoms with Crippen LogP contribution in [0.1, 0.15) is 42.9 Å². The number of nitrogen functional groups attached to an aromatic ring is 1. The van der Waals surface area contributed by atoms with E-state index in [9.17, 15) is 9.18 Å². The second-order valence-electron chi connectivity index (χ2n) is 10.8. The molecule has 1 aliphatic rings. The molecule has 0 bridgehead atoms. The minimum atomic E-state index is -0.272. The van der Waals surface area contributed by atoms with Crippen LogP contribution in [-0.2, 0) is 22.5 Å². The number of rotatable bonds is 10. The maximum absolute atomic E-state index is 14.8. The van der Waals surface area contributed by atoms with E-state index in [-0.39, 0.29) is 23.7 Å². The molecule has 1 saturated heterocycles. The van der Waals surface area contributed by atoms with Gasteiger partial charge in [-0.05, 0) is 61.1 Å². The van der Waals surface area contributed by atoms with Gasteiger partial charge in [-0.25, -0.2) is 9.37 Å². The largest absolute Gasteiger partial charge is 0.385 e. The van der Waals surface area contributed by atoms with Crippen molar-refractivity contribution in [3.63, 3.8) is 0 Å². The van der Waals surface area contributed by atoms with Crippen LogP contribution in [0.2, 0.25) is 0 Å². The third-order valence-electron chi connectivity index (χ3n) is 7.83. The summed E-state index contributed by atoms with van der Waals surface area (Å²) in [6, 6.07) is 19.0. The Morgan fingerprint density at radius 1 is 1.15 bits per heavy atom. The Morgan fingerprint density at radius 2 is 1.95 bits per heavy atom. The summed E-state index contributed by atoms with van der Waals surface area (Å²) >= 11 is 0. The molecule has 1 amide bonds. The van der Waals surface area contributed by atoms with Crippen LogP contribution >= 0.6 is 0 Å². The highest BCUT2D eigenvalue weighted by Gasteiger charge is 2.28. The van der Waals surface area contributed by atoms with Crippen molar-refractivity contribution in [1.29, 1.82) is 0 Å². The standard InChI is InChI=1S/C32H38FN5O2/c1-40-16-4-15-38-29(18-24-5-2-7-28(33)32(24)38)26-6-3-14-37(21-26)31(39)19-27(34)17-22-8-10-23(11-9-22)25-12-13-30(35)36-20-25/h2,5,7-13,18,20,26-27H,3-4,6,14-17,19,21,34H2,1H3,(H2,35,36). The van der Waals surface area contributed by atoms with Crippen LogP contribution in [-0.4, -0.2) is 53.2 Å². The number of halogens is 1. The number of ether oxygens (including phenoxy) is 1. The minimum Gasteiger partial charge on any atom is -0.385 e. The lowest BCUT2D eigenvalue weighted by atomic mass is 9.93. The summed E-state index contributed by atoms with van der Waals surface area (Å²) in [5.41, 5.74) is 17.0. The number of fused-ring (bicyclic) bond motifs is 1. The maximum atomic E-state index is 14.8. The zero-order valence-corrected chi connectivity index (χ0v) is 23.1. The van der Waals surface area contributed by atoms with E-state index >= 15 is 0 Å². The molecule has 210 valence electrons. The van der Waals surface area contributed by atoms with E-state index in [1.165, 1.54) is 6.07 Å². The molecule has 2 aromatic heterocycles. The van der Waals surface area contributed by atoms with Crippen molar-refractivity contribution in [3.8, 4) is 11.1 Å². The summed E-state index contributed by atoms with van der Waals surface area (Å²) in [6.07, 6.45) is 5.35. The van der Waals surface area contributed by atoms with Crippen LogP contribution in [0.15, 0.2) is 66.9 Å². The van der Waals surface area contributed by atoms with Gasteiger partial charge in [-0.1, -0.05) is 36.4 Å². The third kappa shape index (κ3) is 6.35. The molecule has 5 rings (SSSR count). The predicted molar refractivity (Wildman–Crippen MR) is 157 cm³/mol. The lowest BCUT2D eigenvalue weighted by molar-refractivity contribution is -0.132. The molecule has 7 nitrogen and oxygen atoms in total. The smallest absolute Gasteiger partial charge is 0.224 e. The second kappa shape index (κ2) is 12.6. The Bertz CT molecular complexity index is 1430. The summed E-state index contributed by atoms with van der Waals surface area (Å²) < 4.78 is 22.2. The number of piperidine rings is 1. The van der Waals surface area contributed by atoms with Gasteiger partial charge < -0.3 is 25.7 Å². The lowest BCUT2D eigenvalue weighted by Gasteiger charge is -2.34. The fourth-order valence-corrected chi connectivity index (χ4v) is 5.83. The van der Waals surface area contributed by atoms with Crippen molar-refractivity contribution in [1.82, 2.24) is 14.5 Å². The number of nitrogens with zero attached hydrogens (tertiary/aromatic N) is 3. The van der Waals surface area contributed by atoms with E-state index in [0.717, 1.165) is 53.6 Å². The first-order valence-electron chi connectivity index (χ1n) is 14.0. The number of methoxy groups -OCH3 is 1. The van der Waals surface area contributed by atoms with Gasteiger partial charge in [0.05, 0.1) is 5.52 Å². The van der Waals surface area contributed by atoms with Crippen LogP contribution < -0.4 is 11.5 Å². The number of anilines is 1. The topological polar surface area (TPSA) is 99.4 Å². The van der Waals surface area contributed by atoms with Crippen molar-refractivity contribution in [2.45, 2.75) is 50.6 Å². The number of para-hydroxylation sites is 1. The average Bonchev–Trinajstić information content (AvgIpc) is 3.34. The highest BCUT2D eigenvalue weighted by Crippen LogP contribution is 2.33.